The van der Waals surface area contributed by atoms with E-state index in [-0.39, 0.29) is 18.1 Å². The summed E-state index contributed by atoms with van der Waals surface area (Å²) in [5, 5.41) is 0.627. The van der Waals surface area contributed by atoms with Crippen LogP contribution in [0, 0.1) is 3.57 Å². The van der Waals surface area contributed by atoms with Gasteiger partial charge in [-0.15, -0.1) is 0 Å². The van der Waals surface area contributed by atoms with Crippen LogP contribution in [0.4, 0.5) is 5.82 Å². The van der Waals surface area contributed by atoms with E-state index in [2.05, 4.69) is 42.3 Å². The van der Waals surface area contributed by atoms with Crippen molar-refractivity contribution in [1.29, 1.82) is 0 Å². The van der Waals surface area contributed by atoms with Gasteiger partial charge in [-0.05, 0) is 41.6 Å². The van der Waals surface area contributed by atoms with Crippen LogP contribution in [0.25, 0.3) is 11.2 Å². The van der Waals surface area contributed by atoms with Gasteiger partial charge in [-0.1, -0.05) is 11.8 Å². The molecule has 30 heavy (non-hydrogen) atoms. The summed E-state index contributed by atoms with van der Waals surface area (Å²) in [6.45, 7) is 3.16. The lowest BCUT2D eigenvalue weighted by atomic mass is 10.3. The van der Waals surface area contributed by atoms with Crippen LogP contribution in [0.3, 0.4) is 0 Å². The Morgan fingerprint density at radius 2 is 2.00 bits per heavy atom. The third kappa shape index (κ3) is 4.43. The van der Waals surface area contributed by atoms with Crippen molar-refractivity contribution in [2.24, 2.45) is 0 Å². The van der Waals surface area contributed by atoms with Crippen molar-refractivity contribution in [1.82, 2.24) is 24.2 Å². The van der Waals surface area contributed by atoms with Gasteiger partial charge in [0.05, 0.1) is 5.75 Å². The molecule has 160 valence electrons. The van der Waals surface area contributed by atoms with Crippen LogP contribution in [0.5, 0.6) is 11.5 Å². The van der Waals surface area contributed by atoms with Gasteiger partial charge < -0.3 is 19.8 Å². The van der Waals surface area contributed by atoms with Gasteiger partial charge in [0.1, 0.15) is 19.5 Å². The quantitative estimate of drug-likeness (QED) is 0.414. The van der Waals surface area contributed by atoms with Crippen LogP contribution in [-0.2, 0) is 16.6 Å². The minimum absolute atomic E-state index is 0.0177. The molecule has 0 atom stereocenters. The number of fused-ring (bicyclic) bond motifs is 2. The molecule has 3 aromatic rings. The van der Waals surface area contributed by atoms with Crippen molar-refractivity contribution in [2.75, 3.05) is 31.2 Å². The van der Waals surface area contributed by atoms with Crippen LogP contribution < -0.4 is 19.9 Å². The molecule has 0 saturated heterocycles. The molecular formula is C17H19IN6O4S2. The number of rotatable bonds is 7. The van der Waals surface area contributed by atoms with Crippen LogP contribution >= 0.6 is 34.4 Å². The molecule has 10 nitrogen and oxygen atoms in total. The first-order valence-corrected chi connectivity index (χ1v) is 12.6. The molecule has 0 amide bonds. The second kappa shape index (κ2) is 8.72. The molecule has 1 aliphatic heterocycles. The number of benzene rings is 1. The van der Waals surface area contributed by atoms with Crippen LogP contribution in [0.1, 0.15) is 6.92 Å². The maximum atomic E-state index is 11.8. The largest absolute Gasteiger partial charge is 0.486 e. The molecule has 0 radical (unpaired) electrons. The standard InChI is InChI=1S/C17H19IN6O4S2/c1-2-30(25,26)22-3-4-24-16-14(15(19)20-9-21-16)23-17(24)29-13-8-12-11(7-10(13)18)27-5-6-28-12/h7-9,22H,2-6H2,1H3,(H2,19,20,21). The number of sulfonamides is 1. The summed E-state index contributed by atoms with van der Waals surface area (Å²) in [6, 6.07) is 3.84. The Kier molecular flexibility index (Phi) is 6.22. The average molecular weight is 562 g/mol. The Morgan fingerprint density at radius 3 is 2.73 bits per heavy atom. The van der Waals surface area contributed by atoms with Crippen LogP contribution in [0.2, 0.25) is 0 Å². The van der Waals surface area contributed by atoms with E-state index in [0.29, 0.717) is 47.6 Å². The minimum Gasteiger partial charge on any atom is -0.486 e. The van der Waals surface area contributed by atoms with Crippen molar-refractivity contribution in [2.45, 2.75) is 23.5 Å². The second-order valence-corrected chi connectivity index (χ2v) is 10.6. The average Bonchev–Trinajstić information content (AvgIpc) is 3.07. The Labute approximate surface area is 191 Å². The lowest BCUT2D eigenvalue weighted by Crippen LogP contribution is -2.28. The number of nitrogens with zero attached hydrogens (tertiary/aromatic N) is 4. The van der Waals surface area contributed by atoms with E-state index in [1.165, 1.54) is 18.1 Å². The maximum Gasteiger partial charge on any atom is 0.211 e. The van der Waals surface area contributed by atoms with E-state index in [9.17, 15) is 8.42 Å². The summed E-state index contributed by atoms with van der Waals surface area (Å²) < 4.78 is 40.3. The van der Waals surface area contributed by atoms with Gasteiger partial charge in [0.2, 0.25) is 10.0 Å². The monoisotopic (exact) mass is 562 g/mol. The summed E-state index contributed by atoms with van der Waals surface area (Å²) in [7, 11) is -3.30. The number of hydrogen-bond acceptors (Lipinski definition) is 9. The van der Waals surface area contributed by atoms with Gasteiger partial charge in [-0.25, -0.2) is 28.1 Å². The third-order valence-electron chi connectivity index (χ3n) is 4.36. The highest BCUT2D eigenvalue weighted by atomic mass is 127. The van der Waals surface area contributed by atoms with Gasteiger partial charge in [-0.3, -0.25) is 0 Å². The molecule has 0 spiro atoms. The summed E-state index contributed by atoms with van der Waals surface area (Å²) >= 11 is 3.66. The highest BCUT2D eigenvalue weighted by molar-refractivity contribution is 14.1. The number of nitrogens with two attached hydrogens (primary N) is 1. The van der Waals surface area contributed by atoms with E-state index in [1.54, 1.807) is 6.92 Å². The first kappa shape index (κ1) is 21.4. The number of aromatic nitrogens is 4. The van der Waals surface area contributed by atoms with E-state index in [0.717, 1.165) is 8.47 Å². The number of nitrogens with one attached hydrogen (secondary N) is 1. The molecule has 1 aromatic carbocycles. The Bertz CT molecular complexity index is 1200. The highest BCUT2D eigenvalue weighted by Crippen LogP contribution is 2.40. The summed E-state index contributed by atoms with van der Waals surface area (Å²) in [4.78, 5) is 13.9. The molecule has 0 fully saturated rings. The third-order valence-corrected chi connectivity index (χ3v) is 8.08. The highest BCUT2D eigenvalue weighted by Gasteiger charge is 2.20. The van der Waals surface area contributed by atoms with Gasteiger partial charge >= 0.3 is 0 Å². The number of halogens is 1. The number of ether oxygens (including phenoxy) is 2. The Hall–Kier alpha value is -1.84. The zero-order valence-corrected chi connectivity index (χ0v) is 19.8. The molecule has 0 bridgehead atoms. The molecular weight excluding hydrogens is 543 g/mol. The number of anilines is 1. The fraction of sp³-hybridized carbons (Fsp3) is 0.353. The van der Waals surface area contributed by atoms with Crippen molar-refractivity contribution in [3.05, 3.63) is 22.0 Å². The van der Waals surface area contributed by atoms with E-state index >= 15 is 0 Å². The zero-order chi connectivity index (χ0) is 21.3. The zero-order valence-electron chi connectivity index (χ0n) is 16.0. The summed E-state index contributed by atoms with van der Waals surface area (Å²) in [5.41, 5.74) is 7.01. The lowest BCUT2D eigenvalue weighted by Gasteiger charge is -2.19. The number of hydrogen-bond donors (Lipinski definition) is 2. The van der Waals surface area contributed by atoms with Crippen molar-refractivity contribution in [3.8, 4) is 11.5 Å². The van der Waals surface area contributed by atoms with Crippen LogP contribution in [0.15, 0.2) is 28.5 Å². The van der Waals surface area contributed by atoms with Crippen molar-refractivity contribution >= 4 is 61.4 Å². The number of nitrogen functional groups attached to an aromatic ring is 1. The minimum atomic E-state index is -3.30. The number of imidazole rings is 1. The van der Waals surface area contributed by atoms with Gasteiger partial charge in [0.25, 0.3) is 0 Å². The van der Waals surface area contributed by atoms with Gasteiger partial charge in [-0.2, -0.15) is 0 Å². The first-order chi connectivity index (χ1) is 14.4. The molecule has 0 saturated carbocycles. The Balaban J connectivity index is 1.69. The fourth-order valence-corrected chi connectivity index (χ4v) is 5.17. The fourth-order valence-electron chi connectivity index (χ4n) is 2.85. The molecule has 0 unspecified atom stereocenters. The second-order valence-electron chi connectivity index (χ2n) is 6.30. The lowest BCUT2D eigenvalue weighted by molar-refractivity contribution is 0.171. The predicted molar refractivity (Wildman–Crippen MR) is 121 cm³/mol. The summed E-state index contributed by atoms with van der Waals surface area (Å²) in [5.74, 6) is 1.69. The topological polar surface area (TPSA) is 134 Å². The maximum absolute atomic E-state index is 11.8. The van der Waals surface area contributed by atoms with E-state index in [4.69, 9.17) is 15.2 Å². The molecule has 1 aliphatic rings. The van der Waals surface area contributed by atoms with Crippen molar-refractivity contribution in [3.63, 3.8) is 0 Å². The Morgan fingerprint density at radius 1 is 1.27 bits per heavy atom. The first-order valence-electron chi connectivity index (χ1n) is 9.09. The van der Waals surface area contributed by atoms with Crippen LogP contribution in [-0.4, -0.2) is 53.4 Å². The summed E-state index contributed by atoms with van der Waals surface area (Å²) in [6.07, 6.45) is 1.37. The molecule has 0 aliphatic carbocycles. The molecule has 3 N–H and O–H groups in total. The van der Waals surface area contributed by atoms with E-state index in [1.807, 2.05) is 16.7 Å². The molecule has 13 heteroatoms. The normalized spacial score (nSPS) is 13.7. The molecule has 2 aromatic heterocycles. The van der Waals surface area contributed by atoms with E-state index < -0.39 is 10.0 Å². The molecule has 4 rings (SSSR count). The van der Waals surface area contributed by atoms with Gasteiger partial charge in [0.15, 0.2) is 33.6 Å². The predicted octanol–water partition coefficient (Wildman–Crippen LogP) is 1.87. The molecule has 3 heterocycles. The van der Waals surface area contributed by atoms with Crippen molar-refractivity contribution < 1.29 is 17.9 Å². The van der Waals surface area contributed by atoms with Gasteiger partial charge in [0, 0.05) is 21.6 Å². The smallest absolute Gasteiger partial charge is 0.211 e. The SMILES string of the molecule is CCS(=O)(=O)NCCn1c(Sc2cc3c(cc2I)OCCO3)nc2c(N)ncnc21.